The summed E-state index contributed by atoms with van der Waals surface area (Å²) in [5.74, 6) is -0.162. The topological polar surface area (TPSA) is 32.3 Å². The lowest BCUT2D eigenvalue weighted by Crippen LogP contribution is -2.30. The molecule has 1 aromatic rings. The lowest BCUT2D eigenvalue weighted by Gasteiger charge is -2.30. The largest absolute Gasteiger partial charge is 0.370 e. The molecule has 0 saturated carbocycles. The fourth-order valence-corrected chi connectivity index (χ4v) is 2.24. The van der Waals surface area contributed by atoms with Crippen molar-refractivity contribution in [3.8, 4) is 0 Å². The number of anilines is 2. The number of nitrogens with zero attached hydrogens (tertiary/aromatic N) is 1. The maximum Gasteiger partial charge on any atom is 0.239 e. The molecular formula is C13H17ClN2O. The average molecular weight is 253 g/mol. The van der Waals surface area contributed by atoms with E-state index in [-0.39, 0.29) is 11.8 Å². The minimum Gasteiger partial charge on any atom is -0.370 e. The third-order valence-corrected chi connectivity index (χ3v) is 3.24. The number of hydrogen-bond donors (Lipinski definition) is 1. The first kappa shape index (κ1) is 12.2. The molecule has 1 aliphatic rings. The van der Waals surface area contributed by atoms with Crippen LogP contribution in [0.25, 0.3) is 0 Å². The van der Waals surface area contributed by atoms with E-state index < -0.39 is 0 Å². The second-order valence-corrected chi connectivity index (χ2v) is 4.51. The van der Waals surface area contributed by atoms with E-state index in [0.29, 0.717) is 0 Å². The van der Waals surface area contributed by atoms with Gasteiger partial charge < -0.3 is 10.2 Å². The number of para-hydroxylation sites is 2. The Labute approximate surface area is 107 Å². The predicted octanol–water partition coefficient (Wildman–Crippen LogP) is 2.85. The molecule has 4 heteroatoms. The van der Waals surface area contributed by atoms with Crippen molar-refractivity contribution in [2.24, 2.45) is 0 Å². The monoisotopic (exact) mass is 252 g/mol. The third kappa shape index (κ3) is 3.13. The summed E-state index contributed by atoms with van der Waals surface area (Å²) in [4.78, 5) is 13.7. The van der Waals surface area contributed by atoms with Gasteiger partial charge in [0.05, 0.1) is 11.4 Å². The molecule has 0 bridgehead atoms. The van der Waals surface area contributed by atoms with Crippen LogP contribution in [0.5, 0.6) is 0 Å². The Morgan fingerprint density at radius 3 is 2.65 bits per heavy atom. The molecule has 92 valence electrons. The summed E-state index contributed by atoms with van der Waals surface area (Å²) >= 11 is 5.51. The van der Waals surface area contributed by atoms with Gasteiger partial charge in [-0.1, -0.05) is 12.1 Å². The van der Waals surface area contributed by atoms with Gasteiger partial charge in [0.15, 0.2) is 0 Å². The van der Waals surface area contributed by atoms with Gasteiger partial charge in [-0.15, -0.1) is 11.6 Å². The summed E-state index contributed by atoms with van der Waals surface area (Å²) in [6.07, 6.45) is 3.74. The van der Waals surface area contributed by atoms with Gasteiger partial charge in [0.2, 0.25) is 5.91 Å². The zero-order valence-electron chi connectivity index (χ0n) is 9.79. The minimum atomic E-state index is -0.156. The lowest BCUT2D eigenvalue weighted by molar-refractivity contribution is -0.113. The summed E-state index contributed by atoms with van der Waals surface area (Å²) < 4.78 is 0. The van der Waals surface area contributed by atoms with E-state index in [1.54, 1.807) is 0 Å². The Morgan fingerprint density at radius 1 is 1.24 bits per heavy atom. The van der Waals surface area contributed by atoms with Crippen molar-refractivity contribution in [3.05, 3.63) is 24.3 Å². The number of amides is 1. The van der Waals surface area contributed by atoms with Crippen LogP contribution >= 0.6 is 11.6 Å². The number of hydrogen-bond acceptors (Lipinski definition) is 2. The number of nitrogens with one attached hydrogen (secondary N) is 1. The van der Waals surface area contributed by atoms with Gasteiger partial charge in [0, 0.05) is 13.1 Å². The summed E-state index contributed by atoms with van der Waals surface area (Å²) in [7, 11) is 0. The van der Waals surface area contributed by atoms with Crippen LogP contribution in [0.3, 0.4) is 0 Å². The van der Waals surface area contributed by atoms with Gasteiger partial charge in [-0.3, -0.25) is 4.79 Å². The van der Waals surface area contributed by atoms with Crippen LogP contribution in [0.15, 0.2) is 24.3 Å². The second kappa shape index (κ2) is 5.92. The molecule has 0 aliphatic carbocycles. The van der Waals surface area contributed by atoms with Crippen molar-refractivity contribution in [1.29, 1.82) is 0 Å². The molecule has 3 nitrogen and oxygen atoms in total. The van der Waals surface area contributed by atoms with Crippen LogP contribution in [-0.2, 0) is 4.79 Å². The highest BCUT2D eigenvalue weighted by Gasteiger charge is 2.14. The third-order valence-electron chi connectivity index (χ3n) is 3.00. The molecule has 0 spiro atoms. The van der Waals surface area contributed by atoms with Crippen LogP contribution in [0.4, 0.5) is 11.4 Å². The first-order valence-electron chi connectivity index (χ1n) is 6.01. The van der Waals surface area contributed by atoms with Crippen LogP contribution in [-0.4, -0.2) is 24.9 Å². The second-order valence-electron chi connectivity index (χ2n) is 4.25. The quantitative estimate of drug-likeness (QED) is 0.839. The number of piperidine rings is 1. The van der Waals surface area contributed by atoms with Gasteiger partial charge in [-0.25, -0.2) is 0 Å². The highest BCUT2D eigenvalue weighted by molar-refractivity contribution is 6.29. The van der Waals surface area contributed by atoms with Crippen LogP contribution < -0.4 is 10.2 Å². The Hall–Kier alpha value is -1.22. The molecular weight excluding hydrogens is 236 g/mol. The number of alkyl halides is 1. The molecule has 17 heavy (non-hydrogen) atoms. The van der Waals surface area contributed by atoms with Gasteiger partial charge in [-0.05, 0) is 31.4 Å². The van der Waals surface area contributed by atoms with Crippen molar-refractivity contribution in [3.63, 3.8) is 0 Å². The smallest absolute Gasteiger partial charge is 0.239 e. The standard InChI is InChI=1S/C13H17ClN2O/c14-10-13(17)15-11-6-2-3-7-12(11)16-8-4-1-5-9-16/h2-3,6-7H,1,4-5,8-10H2,(H,15,17). The van der Waals surface area contributed by atoms with Gasteiger partial charge in [0.1, 0.15) is 5.88 Å². The van der Waals surface area contributed by atoms with E-state index in [2.05, 4.69) is 16.3 Å². The summed E-state index contributed by atoms with van der Waals surface area (Å²) in [5.41, 5.74) is 1.96. The van der Waals surface area contributed by atoms with Gasteiger partial charge in [0.25, 0.3) is 0 Å². The molecule has 1 aliphatic heterocycles. The molecule has 0 aromatic heterocycles. The van der Waals surface area contributed by atoms with Crippen LogP contribution in [0.1, 0.15) is 19.3 Å². The van der Waals surface area contributed by atoms with Crippen LogP contribution in [0.2, 0.25) is 0 Å². The molecule has 1 saturated heterocycles. The first-order valence-corrected chi connectivity index (χ1v) is 6.54. The van der Waals surface area contributed by atoms with Crippen LogP contribution in [0, 0.1) is 0 Å². The normalized spacial score (nSPS) is 15.7. The highest BCUT2D eigenvalue weighted by Crippen LogP contribution is 2.28. The zero-order chi connectivity index (χ0) is 12.1. The fourth-order valence-electron chi connectivity index (χ4n) is 2.17. The number of halogens is 1. The van der Waals surface area contributed by atoms with E-state index >= 15 is 0 Å². The molecule has 1 heterocycles. The van der Waals surface area contributed by atoms with E-state index in [1.165, 1.54) is 19.3 Å². The molecule has 1 N–H and O–H groups in total. The lowest BCUT2D eigenvalue weighted by atomic mass is 10.1. The molecule has 1 amide bonds. The van der Waals surface area contributed by atoms with Crippen molar-refractivity contribution in [2.45, 2.75) is 19.3 Å². The first-order chi connectivity index (χ1) is 8.31. The predicted molar refractivity (Wildman–Crippen MR) is 71.9 cm³/mol. The highest BCUT2D eigenvalue weighted by atomic mass is 35.5. The Kier molecular flexibility index (Phi) is 4.26. The molecule has 1 fully saturated rings. The molecule has 0 atom stereocenters. The summed E-state index contributed by atoms with van der Waals surface area (Å²) in [5, 5.41) is 2.84. The minimum absolute atomic E-state index is 0.00562. The number of carbonyl (C=O) groups is 1. The fraction of sp³-hybridized carbons (Fsp3) is 0.462. The average Bonchev–Trinajstić information content (AvgIpc) is 2.40. The maximum absolute atomic E-state index is 11.4. The molecule has 1 aromatic carbocycles. The molecule has 0 unspecified atom stereocenters. The van der Waals surface area contributed by atoms with E-state index in [0.717, 1.165) is 24.5 Å². The number of benzene rings is 1. The Morgan fingerprint density at radius 2 is 1.94 bits per heavy atom. The molecule has 2 rings (SSSR count). The Balaban J connectivity index is 2.17. The molecule has 0 radical (unpaired) electrons. The van der Waals surface area contributed by atoms with Gasteiger partial charge in [-0.2, -0.15) is 0 Å². The SMILES string of the molecule is O=C(CCl)Nc1ccccc1N1CCCCC1. The van der Waals surface area contributed by atoms with E-state index in [1.807, 2.05) is 18.2 Å². The van der Waals surface area contributed by atoms with E-state index in [4.69, 9.17) is 11.6 Å². The Bertz CT molecular complexity index is 389. The zero-order valence-corrected chi connectivity index (χ0v) is 10.5. The van der Waals surface area contributed by atoms with Crippen molar-refractivity contribution in [1.82, 2.24) is 0 Å². The number of carbonyl (C=O) groups excluding carboxylic acids is 1. The van der Waals surface area contributed by atoms with Crippen molar-refractivity contribution >= 4 is 28.9 Å². The van der Waals surface area contributed by atoms with Crippen molar-refractivity contribution in [2.75, 3.05) is 29.2 Å². The van der Waals surface area contributed by atoms with E-state index in [9.17, 15) is 4.79 Å². The van der Waals surface area contributed by atoms with Crippen molar-refractivity contribution < 1.29 is 4.79 Å². The summed E-state index contributed by atoms with van der Waals surface area (Å²) in [6.45, 7) is 2.13. The number of rotatable bonds is 3. The summed E-state index contributed by atoms with van der Waals surface area (Å²) in [6, 6.07) is 7.90. The maximum atomic E-state index is 11.4. The van der Waals surface area contributed by atoms with Gasteiger partial charge >= 0.3 is 0 Å².